The molecule has 2 rings (SSSR count). The van der Waals surface area contributed by atoms with Crippen LogP contribution < -0.4 is 0 Å². The molecule has 0 aromatic carbocycles. The van der Waals surface area contributed by atoms with E-state index in [-0.39, 0.29) is 10.5 Å². The van der Waals surface area contributed by atoms with Crippen LogP contribution in [0, 0.1) is 14.9 Å². The van der Waals surface area contributed by atoms with Crippen molar-refractivity contribution in [1.82, 2.24) is 14.9 Å². The molecule has 0 unspecified atom stereocenters. The Bertz CT molecular complexity index is 728. The van der Waals surface area contributed by atoms with Crippen LogP contribution >= 0.6 is 12.2 Å². The minimum absolute atomic E-state index is 0.104. The summed E-state index contributed by atoms with van der Waals surface area (Å²) in [5.74, 6) is -2.01. The zero-order valence-electron chi connectivity index (χ0n) is 9.29. The van der Waals surface area contributed by atoms with Gasteiger partial charge in [-0.3, -0.25) is 10.1 Å². The monoisotopic (exact) mass is 307 g/mol. The first-order valence-corrected chi connectivity index (χ1v) is 5.23. The van der Waals surface area contributed by atoms with Gasteiger partial charge in [-0.2, -0.15) is 22.9 Å². The molecule has 0 aliphatic rings. The van der Waals surface area contributed by atoms with Crippen LogP contribution in [0.2, 0.25) is 0 Å². The van der Waals surface area contributed by atoms with Crippen molar-refractivity contribution in [3.63, 3.8) is 0 Å². The second-order valence-electron chi connectivity index (χ2n) is 3.34. The molecular formula is C8H4F3N5O3S. The number of halogens is 3. The summed E-state index contributed by atoms with van der Waals surface area (Å²) in [6, 6.07) is 2.22. The highest BCUT2D eigenvalue weighted by atomic mass is 32.1. The molecular weight excluding hydrogens is 303 g/mol. The van der Waals surface area contributed by atoms with Crippen molar-refractivity contribution in [3.05, 3.63) is 38.6 Å². The molecule has 0 bridgehead atoms. The van der Waals surface area contributed by atoms with E-state index in [1.165, 1.54) is 6.07 Å². The number of hydrogen-bond donors (Lipinski definition) is 1. The summed E-state index contributed by atoms with van der Waals surface area (Å²) in [6.45, 7) is 0. The Balaban J connectivity index is 2.34. The van der Waals surface area contributed by atoms with E-state index < -0.39 is 22.8 Å². The molecule has 0 amide bonds. The van der Waals surface area contributed by atoms with E-state index >= 15 is 0 Å². The number of aromatic nitrogens is 3. The van der Waals surface area contributed by atoms with Crippen molar-refractivity contribution in [2.75, 3.05) is 0 Å². The molecule has 1 N–H and O–H groups in total. The molecule has 0 atom stereocenters. The van der Waals surface area contributed by atoms with Crippen LogP contribution in [0.25, 0.3) is 0 Å². The van der Waals surface area contributed by atoms with Crippen LogP contribution in [0.15, 0.2) is 21.7 Å². The van der Waals surface area contributed by atoms with Crippen LogP contribution in [0.4, 0.5) is 19.1 Å². The van der Waals surface area contributed by atoms with E-state index in [0.717, 1.165) is 12.3 Å². The number of nitro groups is 1. The maximum absolute atomic E-state index is 12.6. The third-order valence-electron chi connectivity index (χ3n) is 2.00. The smallest absolute Gasteiger partial charge is 0.400 e. The minimum Gasteiger partial charge on any atom is -0.400 e. The van der Waals surface area contributed by atoms with Crippen molar-refractivity contribution >= 4 is 24.3 Å². The quantitative estimate of drug-likeness (QED) is 0.406. The zero-order chi connectivity index (χ0) is 14.9. The van der Waals surface area contributed by atoms with E-state index in [1.54, 1.807) is 0 Å². The maximum atomic E-state index is 12.6. The van der Waals surface area contributed by atoms with Gasteiger partial charge in [0.25, 0.3) is 5.82 Å². The number of furan rings is 1. The molecule has 2 aromatic rings. The number of aromatic amines is 1. The summed E-state index contributed by atoms with van der Waals surface area (Å²) >= 11 is 4.60. The number of nitrogens with zero attached hydrogens (tertiary/aromatic N) is 4. The summed E-state index contributed by atoms with van der Waals surface area (Å²) in [5.41, 5.74) is 0. The van der Waals surface area contributed by atoms with Gasteiger partial charge in [0.1, 0.15) is 4.92 Å². The average Bonchev–Trinajstić information content (AvgIpc) is 2.92. The highest BCUT2D eigenvalue weighted by Gasteiger charge is 2.37. The topological polar surface area (TPSA) is 102 Å². The van der Waals surface area contributed by atoms with Crippen molar-refractivity contribution in [2.45, 2.75) is 6.18 Å². The van der Waals surface area contributed by atoms with Gasteiger partial charge in [0, 0.05) is 0 Å². The summed E-state index contributed by atoms with van der Waals surface area (Å²) in [7, 11) is 0. The van der Waals surface area contributed by atoms with E-state index in [2.05, 4.69) is 22.4 Å². The predicted molar refractivity (Wildman–Crippen MR) is 60.8 cm³/mol. The molecule has 0 aliphatic heterocycles. The lowest BCUT2D eigenvalue weighted by Gasteiger charge is -2.03. The van der Waals surface area contributed by atoms with Gasteiger partial charge in [0.2, 0.25) is 4.77 Å². The fourth-order valence-corrected chi connectivity index (χ4v) is 1.39. The first kappa shape index (κ1) is 13.9. The lowest BCUT2D eigenvalue weighted by Crippen LogP contribution is -2.12. The molecule has 0 spiro atoms. The molecule has 20 heavy (non-hydrogen) atoms. The van der Waals surface area contributed by atoms with Crippen LogP contribution in [-0.2, 0) is 6.18 Å². The molecule has 8 nitrogen and oxygen atoms in total. The van der Waals surface area contributed by atoms with Gasteiger partial charge in [0.15, 0.2) is 5.76 Å². The molecule has 106 valence electrons. The van der Waals surface area contributed by atoms with Gasteiger partial charge in [-0.25, -0.2) is 5.10 Å². The minimum atomic E-state index is -4.75. The lowest BCUT2D eigenvalue weighted by molar-refractivity contribution is -0.402. The van der Waals surface area contributed by atoms with Gasteiger partial charge < -0.3 is 4.42 Å². The standard InChI is InChI=1S/C8H4F3N5O3S/c9-8(10,11)6-13-14-7(20)15(6)12-3-4-1-2-5(19-4)16(17)18/h1-3H,(H,14,20)/b12-3-. The van der Waals surface area contributed by atoms with Gasteiger partial charge >= 0.3 is 12.1 Å². The lowest BCUT2D eigenvalue weighted by atomic mass is 10.5. The number of rotatable bonds is 3. The normalized spacial score (nSPS) is 12.2. The van der Waals surface area contributed by atoms with Crippen LogP contribution in [-0.4, -0.2) is 26.0 Å². The number of nitrogens with one attached hydrogen (secondary N) is 1. The first-order chi connectivity index (χ1) is 9.29. The molecule has 2 aromatic heterocycles. The van der Waals surface area contributed by atoms with Crippen molar-refractivity contribution in [2.24, 2.45) is 5.10 Å². The third-order valence-corrected chi connectivity index (χ3v) is 2.26. The van der Waals surface area contributed by atoms with Gasteiger partial charge in [-0.15, -0.1) is 5.10 Å². The Morgan fingerprint density at radius 1 is 1.55 bits per heavy atom. The molecule has 0 saturated heterocycles. The average molecular weight is 307 g/mol. The summed E-state index contributed by atoms with van der Waals surface area (Å²) < 4.78 is 42.3. The third kappa shape index (κ3) is 2.74. The Hall–Kier alpha value is -2.50. The highest BCUT2D eigenvalue weighted by molar-refractivity contribution is 7.71. The molecule has 0 aliphatic carbocycles. The van der Waals surface area contributed by atoms with Gasteiger partial charge in [0.05, 0.1) is 12.3 Å². The van der Waals surface area contributed by atoms with Crippen LogP contribution in [0.5, 0.6) is 0 Å². The van der Waals surface area contributed by atoms with Crippen molar-refractivity contribution in [1.29, 1.82) is 0 Å². The first-order valence-electron chi connectivity index (χ1n) is 4.82. The fourth-order valence-electron chi connectivity index (χ4n) is 1.21. The van der Waals surface area contributed by atoms with E-state index in [1.807, 2.05) is 5.10 Å². The van der Waals surface area contributed by atoms with Crippen molar-refractivity contribution in [3.8, 4) is 0 Å². The van der Waals surface area contributed by atoms with Gasteiger partial charge in [-0.05, 0) is 18.3 Å². The Morgan fingerprint density at radius 2 is 2.25 bits per heavy atom. The van der Waals surface area contributed by atoms with Crippen LogP contribution in [0.1, 0.15) is 11.6 Å². The molecule has 2 heterocycles. The molecule has 0 saturated carbocycles. The highest BCUT2D eigenvalue weighted by Crippen LogP contribution is 2.27. The maximum Gasteiger partial charge on any atom is 0.453 e. The summed E-state index contributed by atoms with van der Waals surface area (Å²) in [6.07, 6.45) is -3.90. The molecule has 0 fully saturated rings. The van der Waals surface area contributed by atoms with E-state index in [0.29, 0.717) is 4.68 Å². The predicted octanol–water partition coefficient (Wildman–Crippen LogP) is 2.34. The second kappa shape index (κ2) is 4.88. The van der Waals surface area contributed by atoms with Crippen molar-refractivity contribution < 1.29 is 22.5 Å². The van der Waals surface area contributed by atoms with E-state index in [9.17, 15) is 23.3 Å². The molecule has 0 radical (unpaired) electrons. The van der Waals surface area contributed by atoms with E-state index in [4.69, 9.17) is 4.42 Å². The molecule has 12 heteroatoms. The number of hydrogen-bond acceptors (Lipinski definition) is 6. The van der Waals surface area contributed by atoms with Crippen LogP contribution in [0.3, 0.4) is 0 Å². The number of alkyl halides is 3. The fraction of sp³-hybridized carbons (Fsp3) is 0.125. The Kier molecular flexibility index (Phi) is 3.40. The summed E-state index contributed by atoms with van der Waals surface area (Å²) in [5, 5.41) is 18.7. The zero-order valence-corrected chi connectivity index (χ0v) is 10.1. The number of H-pyrrole nitrogens is 1. The SMILES string of the molecule is O=[N+]([O-])c1ccc(/C=N\n2c(C(F)(F)F)n[nH]c2=S)o1. The Labute approximate surface area is 112 Å². The largest absolute Gasteiger partial charge is 0.453 e. The Morgan fingerprint density at radius 3 is 2.80 bits per heavy atom. The van der Waals surface area contributed by atoms with Gasteiger partial charge in [-0.1, -0.05) is 0 Å². The summed E-state index contributed by atoms with van der Waals surface area (Å²) in [4.78, 5) is 9.58. The second-order valence-corrected chi connectivity index (χ2v) is 3.73.